The highest BCUT2D eigenvalue weighted by Crippen LogP contribution is 2.21. The molecule has 2 nitrogen and oxygen atoms in total. The molecule has 1 N–H and O–H groups in total. The minimum Gasteiger partial charge on any atom is -0.255 e. The van der Waals surface area contributed by atoms with Crippen molar-refractivity contribution in [2.75, 3.05) is 13.1 Å². The number of rotatable bonds is 0. The summed E-state index contributed by atoms with van der Waals surface area (Å²) in [6.45, 7) is 2.52. The van der Waals surface area contributed by atoms with Crippen molar-refractivity contribution < 1.29 is 0 Å². The van der Waals surface area contributed by atoms with Gasteiger partial charge in [-0.3, -0.25) is 5.43 Å². The van der Waals surface area contributed by atoms with E-state index in [0.29, 0.717) is 0 Å². The van der Waals surface area contributed by atoms with E-state index in [9.17, 15) is 0 Å². The fourth-order valence-corrected chi connectivity index (χ4v) is 0.995. The van der Waals surface area contributed by atoms with Gasteiger partial charge in [0.05, 0.1) is 0 Å². The molecule has 2 saturated heterocycles. The minimum atomic E-state index is 0.935. The molecule has 2 heteroatoms. The second kappa shape index (κ2) is 0.768. The van der Waals surface area contributed by atoms with Crippen molar-refractivity contribution in [1.29, 1.82) is 0 Å². The Morgan fingerprint density at radius 2 is 2.67 bits per heavy atom. The molecule has 2 rings (SSSR count). The smallest absolute Gasteiger partial charge is 0.0398 e. The molecule has 2 aliphatic heterocycles. The van der Waals surface area contributed by atoms with Crippen LogP contribution in [0.15, 0.2) is 0 Å². The lowest BCUT2D eigenvalue weighted by atomic mass is 10.3. The zero-order valence-corrected chi connectivity index (χ0v) is 3.65. The third-order valence-electron chi connectivity index (χ3n) is 1.51. The monoisotopic (exact) mass is 84.1 g/mol. The predicted octanol–water partition coefficient (Wildman–Crippen LogP) is -0.421. The summed E-state index contributed by atoms with van der Waals surface area (Å²) in [6, 6.07) is 0.935. The fourth-order valence-electron chi connectivity index (χ4n) is 0.995. The lowest BCUT2D eigenvalue weighted by Gasteiger charge is -1.88. The molecule has 0 radical (unpaired) electrons. The van der Waals surface area contributed by atoms with Gasteiger partial charge in [-0.2, -0.15) is 0 Å². The maximum Gasteiger partial charge on any atom is 0.0398 e. The van der Waals surface area contributed by atoms with Crippen molar-refractivity contribution in [3.8, 4) is 0 Å². The summed E-state index contributed by atoms with van der Waals surface area (Å²) >= 11 is 0. The van der Waals surface area contributed by atoms with E-state index in [1.54, 1.807) is 0 Å². The Morgan fingerprint density at radius 1 is 1.67 bits per heavy atom. The molecule has 0 amide bonds. The van der Waals surface area contributed by atoms with Crippen LogP contribution in [0.4, 0.5) is 0 Å². The molecule has 0 aromatic heterocycles. The van der Waals surface area contributed by atoms with E-state index in [2.05, 4.69) is 10.4 Å². The van der Waals surface area contributed by atoms with E-state index >= 15 is 0 Å². The summed E-state index contributed by atoms with van der Waals surface area (Å²) in [5, 5.41) is 2.28. The molecule has 34 valence electrons. The van der Waals surface area contributed by atoms with Crippen LogP contribution in [0.2, 0.25) is 0 Å². The highest BCUT2D eigenvalue weighted by Gasteiger charge is 2.37. The van der Waals surface area contributed by atoms with Crippen molar-refractivity contribution >= 4 is 0 Å². The minimum absolute atomic E-state index is 0.935. The summed E-state index contributed by atoms with van der Waals surface area (Å²) in [5.41, 5.74) is 3.23. The predicted molar refractivity (Wildman–Crippen MR) is 23.1 cm³/mol. The first-order chi connectivity index (χ1) is 2.97. The third kappa shape index (κ3) is 0.235. The van der Waals surface area contributed by atoms with Crippen LogP contribution in [0.5, 0.6) is 0 Å². The summed E-state index contributed by atoms with van der Waals surface area (Å²) in [7, 11) is 0. The van der Waals surface area contributed by atoms with Crippen LogP contribution < -0.4 is 5.43 Å². The third-order valence-corrected chi connectivity index (χ3v) is 1.51. The van der Waals surface area contributed by atoms with Crippen molar-refractivity contribution in [3.63, 3.8) is 0 Å². The van der Waals surface area contributed by atoms with Crippen molar-refractivity contribution in [2.24, 2.45) is 0 Å². The molecule has 2 atom stereocenters. The van der Waals surface area contributed by atoms with Crippen LogP contribution >= 0.6 is 0 Å². The lowest BCUT2D eigenvalue weighted by molar-refractivity contribution is 0.453. The number of hydrogen-bond acceptors (Lipinski definition) is 2. The van der Waals surface area contributed by atoms with Gasteiger partial charge in [0.15, 0.2) is 0 Å². The zero-order chi connectivity index (χ0) is 3.98. The molecule has 0 saturated carbocycles. The normalized spacial score (nSPS) is 52.0. The molecule has 2 aliphatic rings. The van der Waals surface area contributed by atoms with Crippen LogP contribution in [0, 0.1) is 0 Å². The van der Waals surface area contributed by atoms with E-state index < -0.39 is 0 Å². The molecular formula is C4H8N2. The van der Waals surface area contributed by atoms with Gasteiger partial charge in [0.2, 0.25) is 0 Å². The van der Waals surface area contributed by atoms with Gasteiger partial charge in [0, 0.05) is 19.1 Å². The van der Waals surface area contributed by atoms with Gasteiger partial charge >= 0.3 is 0 Å². The van der Waals surface area contributed by atoms with Gasteiger partial charge < -0.3 is 0 Å². The molecule has 0 aromatic carbocycles. The van der Waals surface area contributed by atoms with Crippen LogP contribution in [0.3, 0.4) is 0 Å². The standard InChI is InChI=1S/C4H8N2/c1-2-5-6-3-4(1)6/h4-5H,1-3H2/t4-,6?/m1/s1. The number of nitrogens with zero attached hydrogens (tertiary/aromatic N) is 1. The van der Waals surface area contributed by atoms with Crippen molar-refractivity contribution in [2.45, 2.75) is 12.5 Å². The Balaban J connectivity index is 2.09. The molecule has 6 heavy (non-hydrogen) atoms. The molecular weight excluding hydrogens is 76.1 g/mol. The summed E-state index contributed by atoms with van der Waals surface area (Å²) < 4.78 is 0. The number of hydrazine groups is 1. The first kappa shape index (κ1) is 2.99. The highest BCUT2D eigenvalue weighted by molar-refractivity contribution is 4.91. The quantitative estimate of drug-likeness (QED) is 0.401. The molecule has 0 aromatic rings. The average molecular weight is 84.1 g/mol. The van der Waals surface area contributed by atoms with Gasteiger partial charge in [0.25, 0.3) is 0 Å². The summed E-state index contributed by atoms with van der Waals surface area (Å²) in [5.74, 6) is 0. The van der Waals surface area contributed by atoms with E-state index in [4.69, 9.17) is 0 Å². The largest absolute Gasteiger partial charge is 0.255 e. The molecule has 0 spiro atoms. The van der Waals surface area contributed by atoms with Gasteiger partial charge in [-0.15, -0.1) is 0 Å². The number of nitrogens with one attached hydrogen (secondary N) is 1. The van der Waals surface area contributed by atoms with Crippen LogP contribution in [-0.4, -0.2) is 24.1 Å². The van der Waals surface area contributed by atoms with Gasteiger partial charge in [-0.25, -0.2) is 5.01 Å². The average Bonchev–Trinajstić information content (AvgIpc) is 2.17. The number of fused-ring (bicyclic) bond motifs is 1. The van der Waals surface area contributed by atoms with E-state index in [-0.39, 0.29) is 0 Å². The van der Waals surface area contributed by atoms with Crippen molar-refractivity contribution in [3.05, 3.63) is 0 Å². The Hall–Kier alpha value is -0.0800. The molecule has 2 heterocycles. The van der Waals surface area contributed by atoms with Gasteiger partial charge in [-0.05, 0) is 6.42 Å². The molecule has 2 fully saturated rings. The number of hydrogen-bond donors (Lipinski definition) is 1. The summed E-state index contributed by atoms with van der Waals surface area (Å²) in [4.78, 5) is 0. The van der Waals surface area contributed by atoms with E-state index in [0.717, 1.165) is 6.04 Å². The Morgan fingerprint density at radius 3 is 2.83 bits per heavy atom. The van der Waals surface area contributed by atoms with Gasteiger partial charge in [-0.1, -0.05) is 0 Å². The second-order valence-electron chi connectivity index (χ2n) is 2.00. The van der Waals surface area contributed by atoms with E-state index in [1.165, 1.54) is 19.5 Å². The Bertz CT molecular complexity index is 63.9. The molecule has 1 unspecified atom stereocenters. The Kier molecular flexibility index (Phi) is 0.383. The van der Waals surface area contributed by atoms with Crippen LogP contribution in [0.25, 0.3) is 0 Å². The topological polar surface area (TPSA) is 15.0 Å². The Labute approximate surface area is 37.1 Å². The fraction of sp³-hybridized carbons (Fsp3) is 1.00. The molecule has 0 bridgehead atoms. The van der Waals surface area contributed by atoms with Gasteiger partial charge in [0.1, 0.15) is 0 Å². The maximum atomic E-state index is 3.23. The highest BCUT2D eigenvalue weighted by atomic mass is 15.6. The summed E-state index contributed by atoms with van der Waals surface area (Å²) in [6.07, 6.45) is 1.38. The van der Waals surface area contributed by atoms with Crippen molar-refractivity contribution in [1.82, 2.24) is 10.4 Å². The first-order valence-corrected chi connectivity index (χ1v) is 2.47. The van der Waals surface area contributed by atoms with Crippen LogP contribution in [0.1, 0.15) is 6.42 Å². The maximum absolute atomic E-state index is 3.23. The van der Waals surface area contributed by atoms with Crippen LogP contribution in [-0.2, 0) is 0 Å². The SMILES string of the molecule is C1C[C@@H]2CN2N1. The first-order valence-electron chi connectivity index (χ1n) is 2.47. The molecule has 0 aliphatic carbocycles. The van der Waals surface area contributed by atoms with E-state index in [1.807, 2.05) is 0 Å². The zero-order valence-electron chi connectivity index (χ0n) is 3.65. The lowest BCUT2D eigenvalue weighted by Crippen LogP contribution is -2.14. The second-order valence-corrected chi connectivity index (χ2v) is 2.00.